The highest BCUT2D eigenvalue weighted by molar-refractivity contribution is 7.80. The largest absolute Gasteiger partial charge is 0.465 e. The van der Waals surface area contributed by atoms with E-state index in [1.165, 1.54) is 5.56 Å². The second-order valence-corrected chi connectivity index (χ2v) is 8.63. The molecule has 3 heterocycles. The molecular weight excluding hydrogens is 432 g/mol. The fourth-order valence-corrected chi connectivity index (χ4v) is 4.93. The molecule has 1 aliphatic rings. The molecule has 4 rings (SSSR count). The molecule has 2 aromatic heterocycles. The highest BCUT2D eigenvalue weighted by atomic mass is 32.1. The van der Waals surface area contributed by atoms with E-state index in [9.17, 15) is 4.79 Å². The average molecular weight is 463 g/mol. The molecule has 6 nitrogen and oxygen atoms in total. The van der Waals surface area contributed by atoms with Crippen LogP contribution in [0.1, 0.15) is 54.1 Å². The van der Waals surface area contributed by atoms with Gasteiger partial charge < -0.3 is 19.5 Å². The molecule has 2 atom stereocenters. The van der Waals surface area contributed by atoms with E-state index in [2.05, 4.69) is 66.0 Å². The van der Waals surface area contributed by atoms with Crippen LogP contribution in [0.5, 0.6) is 0 Å². The lowest BCUT2D eigenvalue weighted by Crippen LogP contribution is -2.35. The van der Waals surface area contributed by atoms with Crippen LogP contribution in [-0.4, -0.2) is 38.7 Å². The van der Waals surface area contributed by atoms with E-state index in [1.807, 2.05) is 30.0 Å². The number of aryl methyl sites for hydroxylation is 2. The summed E-state index contributed by atoms with van der Waals surface area (Å²) in [5.74, 6) is -0.294. The summed E-state index contributed by atoms with van der Waals surface area (Å²) >= 11 is 5.67. The Morgan fingerprint density at radius 1 is 1.15 bits per heavy atom. The normalized spacial score (nSPS) is 17.8. The van der Waals surface area contributed by atoms with Gasteiger partial charge in [-0.25, -0.2) is 0 Å². The Morgan fingerprint density at radius 2 is 1.91 bits per heavy atom. The number of aromatic nitrogens is 2. The van der Waals surface area contributed by atoms with Crippen molar-refractivity contribution in [1.29, 1.82) is 0 Å². The van der Waals surface area contributed by atoms with Crippen LogP contribution in [0.15, 0.2) is 54.7 Å². The number of carbonyl (C=O) groups excluding carboxylic acids is 1. The molecule has 2 unspecified atom stereocenters. The van der Waals surface area contributed by atoms with Crippen molar-refractivity contribution in [3.05, 3.63) is 82.9 Å². The standard InChI is InChI=1S/C26H30N4O2S/c1-5-19-10-12-20(13-11-19)30-17(3)15-21(18(30)4)25-24(22-9-7-8-14-27-22)28-26(33)29(25)16-23(31)32-6-2/h7-15,24-25H,5-6,16H2,1-4H3,(H,28,33). The van der Waals surface area contributed by atoms with Gasteiger partial charge in [0, 0.05) is 23.3 Å². The number of carbonyl (C=O) groups is 1. The minimum absolute atomic E-state index is 0.0859. The van der Waals surface area contributed by atoms with Crippen molar-refractivity contribution < 1.29 is 9.53 Å². The summed E-state index contributed by atoms with van der Waals surface area (Å²) in [6.45, 7) is 8.62. The van der Waals surface area contributed by atoms with Crippen molar-refractivity contribution in [2.24, 2.45) is 0 Å². The lowest BCUT2D eigenvalue weighted by Gasteiger charge is -2.27. The van der Waals surface area contributed by atoms with Crippen LogP contribution >= 0.6 is 12.2 Å². The average Bonchev–Trinajstić information content (AvgIpc) is 3.29. The maximum atomic E-state index is 12.4. The Labute approximate surface area is 200 Å². The second kappa shape index (κ2) is 9.75. The number of esters is 1. The second-order valence-electron chi connectivity index (χ2n) is 8.24. The van der Waals surface area contributed by atoms with Crippen LogP contribution in [0, 0.1) is 13.8 Å². The summed E-state index contributed by atoms with van der Waals surface area (Å²) in [5, 5.41) is 3.93. The Hall–Kier alpha value is -3.19. The molecule has 0 saturated carbocycles. The van der Waals surface area contributed by atoms with Gasteiger partial charge in [0.1, 0.15) is 6.54 Å². The number of ether oxygens (including phenoxy) is 1. The summed E-state index contributed by atoms with van der Waals surface area (Å²) in [4.78, 5) is 18.9. The molecular formula is C26H30N4O2S. The fourth-order valence-electron chi connectivity index (χ4n) is 4.63. The van der Waals surface area contributed by atoms with Crippen LogP contribution in [0.4, 0.5) is 0 Å². The van der Waals surface area contributed by atoms with Gasteiger partial charge in [-0.3, -0.25) is 9.78 Å². The molecule has 0 aliphatic carbocycles. The van der Waals surface area contributed by atoms with Gasteiger partial charge in [-0.1, -0.05) is 25.1 Å². The van der Waals surface area contributed by atoms with E-state index in [0.717, 1.165) is 34.8 Å². The molecule has 1 fully saturated rings. The number of hydrogen-bond acceptors (Lipinski definition) is 4. The summed E-state index contributed by atoms with van der Waals surface area (Å²) < 4.78 is 7.50. The SMILES string of the molecule is CCOC(=O)CN1C(=S)NC(c2ccccn2)C1c1cc(C)n(-c2ccc(CC)cc2)c1C. The number of pyridine rings is 1. The summed E-state index contributed by atoms with van der Waals surface area (Å²) in [5.41, 5.74) is 6.66. The van der Waals surface area contributed by atoms with Gasteiger partial charge >= 0.3 is 5.97 Å². The molecule has 0 amide bonds. The van der Waals surface area contributed by atoms with Crippen LogP contribution in [0.2, 0.25) is 0 Å². The minimum atomic E-state index is -0.294. The van der Waals surface area contributed by atoms with Crippen molar-refractivity contribution in [3.8, 4) is 5.69 Å². The quantitative estimate of drug-likeness (QED) is 0.410. The number of nitrogens with zero attached hydrogens (tertiary/aromatic N) is 3. The van der Waals surface area contributed by atoms with E-state index in [0.29, 0.717) is 11.7 Å². The first-order valence-corrected chi connectivity index (χ1v) is 11.8. The third-order valence-corrected chi connectivity index (χ3v) is 6.55. The number of thiocarbonyl (C=S) groups is 1. The molecule has 172 valence electrons. The lowest BCUT2D eigenvalue weighted by molar-refractivity contribution is -0.143. The number of nitrogens with one attached hydrogen (secondary N) is 1. The third kappa shape index (κ3) is 4.50. The molecule has 1 saturated heterocycles. The predicted octanol–water partition coefficient (Wildman–Crippen LogP) is 4.59. The maximum Gasteiger partial charge on any atom is 0.325 e. The first-order chi connectivity index (χ1) is 15.9. The van der Waals surface area contributed by atoms with Gasteiger partial charge in [0.2, 0.25) is 0 Å². The summed E-state index contributed by atoms with van der Waals surface area (Å²) in [6, 6.07) is 16.3. The zero-order chi connectivity index (χ0) is 23.5. The molecule has 33 heavy (non-hydrogen) atoms. The smallest absolute Gasteiger partial charge is 0.325 e. The molecule has 0 bridgehead atoms. The number of hydrogen-bond donors (Lipinski definition) is 1. The van der Waals surface area contributed by atoms with Crippen LogP contribution < -0.4 is 5.32 Å². The topological polar surface area (TPSA) is 59.4 Å². The number of rotatable bonds is 7. The first kappa shape index (κ1) is 23.0. The predicted molar refractivity (Wildman–Crippen MR) is 133 cm³/mol. The van der Waals surface area contributed by atoms with E-state index in [4.69, 9.17) is 17.0 Å². The molecule has 7 heteroatoms. The minimum Gasteiger partial charge on any atom is -0.465 e. The molecule has 1 aliphatic heterocycles. The molecule has 1 N–H and O–H groups in total. The zero-order valence-corrected chi connectivity index (χ0v) is 20.4. The maximum absolute atomic E-state index is 12.4. The van der Waals surface area contributed by atoms with E-state index < -0.39 is 0 Å². The fraction of sp³-hybridized carbons (Fsp3) is 0.346. The van der Waals surface area contributed by atoms with Gasteiger partial charge in [-0.05, 0) is 80.9 Å². The van der Waals surface area contributed by atoms with Crippen molar-refractivity contribution >= 4 is 23.3 Å². The zero-order valence-electron chi connectivity index (χ0n) is 19.5. The van der Waals surface area contributed by atoms with Gasteiger partial charge in [0.05, 0.1) is 24.4 Å². The number of benzene rings is 1. The third-order valence-electron chi connectivity index (χ3n) is 6.19. The Balaban J connectivity index is 1.79. The van der Waals surface area contributed by atoms with Crippen LogP contribution in [0.25, 0.3) is 5.69 Å². The molecule has 1 aromatic carbocycles. The molecule has 0 spiro atoms. The van der Waals surface area contributed by atoms with E-state index >= 15 is 0 Å². The van der Waals surface area contributed by atoms with Crippen molar-refractivity contribution in [2.45, 2.75) is 46.2 Å². The molecule has 0 radical (unpaired) electrons. The van der Waals surface area contributed by atoms with Gasteiger partial charge in [0.25, 0.3) is 0 Å². The Bertz CT molecular complexity index is 1140. The highest BCUT2D eigenvalue weighted by Gasteiger charge is 2.42. The first-order valence-electron chi connectivity index (χ1n) is 11.4. The molecule has 3 aromatic rings. The van der Waals surface area contributed by atoms with E-state index in [-0.39, 0.29) is 24.6 Å². The van der Waals surface area contributed by atoms with Gasteiger partial charge in [0.15, 0.2) is 5.11 Å². The van der Waals surface area contributed by atoms with Crippen molar-refractivity contribution in [2.75, 3.05) is 13.2 Å². The van der Waals surface area contributed by atoms with Crippen LogP contribution in [0.3, 0.4) is 0 Å². The highest BCUT2D eigenvalue weighted by Crippen LogP contribution is 2.41. The van der Waals surface area contributed by atoms with Gasteiger partial charge in [-0.15, -0.1) is 0 Å². The summed E-state index contributed by atoms with van der Waals surface area (Å²) in [7, 11) is 0. The van der Waals surface area contributed by atoms with Crippen molar-refractivity contribution in [3.63, 3.8) is 0 Å². The monoisotopic (exact) mass is 462 g/mol. The summed E-state index contributed by atoms with van der Waals surface area (Å²) in [6.07, 6.45) is 2.79. The van der Waals surface area contributed by atoms with E-state index in [1.54, 1.807) is 6.20 Å². The lowest BCUT2D eigenvalue weighted by atomic mass is 9.97. The Kier molecular flexibility index (Phi) is 6.79. The Morgan fingerprint density at radius 3 is 2.55 bits per heavy atom. The van der Waals surface area contributed by atoms with Crippen LogP contribution in [-0.2, 0) is 16.0 Å². The van der Waals surface area contributed by atoms with Crippen molar-refractivity contribution in [1.82, 2.24) is 19.8 Å². The van der Waals surface area contributed by atoms with Gasteiger partial charge in [-0.2, -0.15) is 0 Å².